The summed E-state index contributed by atoms with van der Waals surface area (Å²) in [7, 11) is 0. The van der Waals surface area contributed by atoms with Gasteiger partial charge in [0.25, 0.3) is 5.91 Å². The molecule has 0 radical (unpaired) electrons. The van der Waals surface area contributed by atoms with Crippen LogP contribution >= 0.6 is 0 Å². The Balaban J connectivity index is 1.50. The van der Waals surface area contributed by atoms with E-state index < -0.39 is 36.3 Å². The molecule has 0 aliphatic heterocycles. The molecule has 1 aliphatic carbocycles. The Kier molecular flexibility index (Phi) is 6.17. The van der Waals surface area contributed by atoms with Gasteiger partial charge in [-0.1, -0.05) is 19.3 Å². The highest BCUT2D eigenvalue weighted by Crippen LogP contribution is 2.27. The highest BCUT2D eigenvalue weighted by atomic mass is 16.6. The van der Waals surface area contributed by atoms with Crippen molar-refractivity contribution in [1.82, 2.24) is 5.32 Å². The number of hydrogen-bond acceptors (Lipinski definition) is 7. The fourth-order valence-corrected chi connectivity index (χ4v) is 3.45. The Morgan fingerprint density at radius 3 is 2.69 bits per heavy atom. The number of ether oxygens (including phenoxy) is 2. The summed E-state index contributed by atoms with van der Waals surface area (Å²) in [5, 5.41) is 12.8. The number of rotatable bonds is 6. The second-order valence-corrected chi connectivity index (χ2v) is 7.16. The predicted molar refractivity (Wildman–Crippen MR) is 103 cm³/mol. The summed E-state index contributed by atoms with van der Waals surface area (Å²) >= 11 is 0. The predicted octanol–water partition coefficient (Wildman–Crippen LogP) is 2.37. The molecule has 1 aliphatic rings. The maximum absolute atomic E-state index is 12.0. The van der Waals surface area contributed by atoms with Crippen molar-refractivity contribution in [2.45, 2.75) is 44.6 Å². The van der Waals surface area contributed by atoms with Gasteiger partial charge < -0.3 is 19.2 Å². The van der Waals surface area contributed by atoms with Crippen LogP contribution in [0.2, 0.25) is 0 Å². The summed E-state index contributed by atoms with van der Waals surface area (Å²) in [5.74, 6) is -0.899. The highest BCUT2D eigenvalue weighted by Gasteiger charge is 2.33. The molecular weight excluding hydrogens is 376 g/mol. The van der Waals surface area contributed by atoms with Crippen LogP contribution in [0.5, 0.6) is 5.75 Å². The molecule has 1 aromatic heterocycles. The van der Waals surface area contributed by atoms with Crippen molar-refractivity contribution in [1.29, 1.82) is 5.26 Å². The fourth-order valence-electron chi connectivity index (χ4n) is 3.45. The molecule has 1 saturated carbocycles. The van der Waals surface area contributed by atoms with Gasteiger partial charge in [0, 0.05) is 17.5 Å². The van der Waals surface area contributed by atoms with Crippen LogP contribution in [0.15, 0.2) is 33.5 Å². The van der Waals surface area contributed by atoms with Crippen LogP contribution in [-0.4, -0.2) is 30.6 Å². The van der Waals surface area contributed by atoms with Crippen LogP contribution in [0.4, 0.5) is 0 Å². The van der Waals surface area contributed by atoms with Gasteiger partial charge in [0.05, 0.1) is 6.07 Å². The molecule has 1 fully saturated rings. The van der Waals surface area contributed by atoms with Crippen molar-refractivity contribution in [3.63, 3.8) is 0 Å². The van der Waals surface area contributed by atoms with E-state index in [1.165, 1.54) is 12.1 Å². The van der Waals surface area contributed by atoms with Gasteiger partial charge in [-0.25, -0.2) is 9.59 Å². The van der Waals surface area contributed by atoms with E-state index in [0.717, 1.165) is 30.2 Å². The number of carbonyl (C=O) groups excluding carboxylic acids is 2. The number of benzene rings is 1. The first-order valence-corrected chi connectivity index (χ1v) is 9.46. The molecule has 3 rings (SSSR count). The van der Waals surface area contributed by atoms with Crippen LogP contribution in [0.3, 0.4) is 0 Å². The molecule has 1 heterocycles. The minimum atomic E-state index is -0.870. The normalized spacial score (nSPS) is 15.3. The largest absolute Gasteiger partial charge is 0.482 e. The van der Waals surface area contributed by atoms with E-state index in [0.29, 0.717) is 24.2 Å². The molecule has 8 heteroatoms. The van der Waals surface area contributed by atoms with Gasteiger partial charge in [-0.15, -0.1) is 0 Å². The number of hydrogen-bond donors (Lipinski definition) is 1. The lowest BCUT2D eigenvalue weighted by atomic mass is 9.83. The summed E-state index contributed by atoms with van der Waals surface area (Å²) in [6.45, 7) is 0.918. The van der Waals surface area contributed by atoms with Gasteiger partial charge in [-0.2, -0.15) is 5.26 Å². The minimum absolute atomic E-state index is 0.332. The van der Waals surface area contributed by atoms with Crippen molar-refractivity contribution in [2.75, 3.05) is 13.2 Å². The van der Waals surface area contributed by atoms with E-state index in [4.69, 9.17) is 13.9 Å². The molecule has 8 nitrogen and oxygen atoms in total. The summed E-state index contributed by atoms with van der Waals surface area (Å²) in [4.78, 5) is 35.4. The molecule has 0 bridgehead atoms. The maximum atomic E-state index is 12.0. The number of nitrogens with zero attached hydrogens (tertiary/aromatic N) is 1. The first kappa shape index (κ1) is 20.4. The Morgan fingerprint density at radius 2 is 1.97 bits per heavy atom. The second-order valence-electron chi connectivity index (χ2n) is 7.16. The molecule has 152 valence electrons. The zero-order chi connectivity index (χ0) is 20.9. The molecule has 0 saturated heterocycles. The number of amides is 1. The monoisotopic (exact) mass is 398 g/mol. The molecule has 2 aromatic rings. The standard InChI is InChI=1S/C21H22N2O6/c1-14-9-19(25)29-17-10-15(5-6-16(14)17)27-12-20(26)28-11-18(24)23-21(13-22)7-3-2-4-8-21/h5-6,9-10H,2-4,7-8,11-12H2,1H3,(H,23,24). The summed E-state index contributed by atoms with van der Waals surface area (Å²) in [6, 6.07) is 8.47. The molecular formula is C21H22N2O6. The van der Waals surface area contributed by atoms with Crippen molar-refractivity contribution >= 4 is 22.8 Å². The first-order chi connectivity index (χ1) is 13.9. The topological polar surface area (TPSA) is 119 Å². The van der Waals surface area contributed by atoms with E-state index in [9.17, 15) is 19.6 Å². The third-order valence-electron chi connectivity index (χ3n) is 4.94. The van der Waals surface area contributed by atoms with Crippen molar-refractivity contribution in [3.05, 3.63) is 40.2 Å². The highest BCUT2D eigenvalue weighted by molar-refractivity contribution is 5.82. The number of fused-ring (bicyclic) bond motifs is 1. The van der Waals surface area contributed by atoms with Gasteiger partial charge in [0.2, 0.25) is 0 Å². The SMILES string of the molecule is Cc1cc(=O)oc2cc(OCC(=O)OCC(=O)NC3(C#N)CCCCC3)ccc12. The lowest BCUT2D eigenvalue weighted by Crippen LogP contribution is -2.50. The van der Waals surface area contributed by atoms with Crippen molar-refractivity contribution in [3.8, 4) is 11.8 Å². The molecule has 1 aromatic carbocycles. The quantitative estimate of drug-likeness (QED) is 0.586. The average molecular weight is 398 g/mol. The summed E-state index contributed by atoms with van der Waals surface area (Å²) in [5.41, 5.74) is -0.202. The number of esters is 1. The van der Waals surface area contributed by atoms with E-state index >= 15 is 0 Å². The smallest absolute Gasteiger partial charge is 0.344 e. The molecule has 1 amide bonds. The van der Waals surface area contributed by atoms with E-state index in [2.05, 4.69) is 11.4 Å². The lowest BCUT2D eigenvalue weighted by Gasteiger charge is -2.31. The number of aryl methyl sites for hydroxylation is 1. The third-order valence-corrected chi connectivity index (χ3v) is 4.94. The van der Waals surface area contributed by atoms with Gasteiger partial charge in [0.15, 0.2) is 13.2 Å². The van der Waals surface area contributed by atoms with Gasteiger partial charge in [-0.3, -0.25) is 4.79 Å². The first-order valence-electron chi connectivity index (χ1n) is 9.46. The zero-order valence-electron chi connectivity index (χ0n) is 16.2. The zero-order valence-corrected chi connectivity index (χ0v) is 16.2. The van der Waals surface area contributed by atoms with Crippen molar-refractivity contribution in [2.24, 2.45) is 0 Å². The molecule has 1 N–H and O–H groups in total. The van der Waals surface area contributed by atoms with Crippen LogP contribution in [0.1, 0.15) is 37.7 Å². The van der Waals surface area contributed by atoms with Crippen LogP contribution < -0.4 is 15.7 Å². The van der Waals surface area contributed by atoms with Gasteiger partial charge >= 0.3 is 11.6 Å². The maximum Gasteiger partial charge on any atom is 0.344 e. The average Bonchev–Trinajstić information content (AvgIpc) is 2.71. The van der Waals surface area contributed by atoms with Crippen LogP contribution in [0, 0.1) is 18.3 Å². The van der Waals surface area contributed by atoms with Crippen LogP contribution in [0.25, 0.3) is 11.0 Å². The third kappa shape index (κ3) is 5.13. The van der Waals surface area contributed by atoms with E-state index in [1.807, 2.05) is 0 Å². The van der Waals surface area contributed by atoms with Gasteiger partial charge in [0.1, 0.15) is 16.9 Å². The number of nitrogens with one attached hydrogen (secondary N) is 1. The van der Waals surface area contributed by atoms with Crippen LogP contribution in [-0.2, 0) is 14.3 Å². The number of nitriles is 1. The molecule has 29 heavy (non-hydrogen) atoms. The fraction of sp³-hybridized carbons (Fsp3) is 0.429. The molecule has 0 atom stereocenters. The Bertz CT molecular complexity index is 1010. The minimum Gasteiger partial charge on any atom is -0.482 e. The summed E-state index contributed by atoms with van der Waals surface area (Å²) in [6.07, 6.45) is 4.01. The second kappa shape index (κ2) is 8.78. The molecule has 0 spiro atoms. The summed E-state index contributed by atoms with van der Waals surface area (Å²) < 4.78 is 15.4. The Labute approximate surface area is 167 Å². The Morgan fingerprint density at radius 1 is 1.21 bits per heavy atom. The van der Waals surface area contributed by atoms with Crippen molar-refractivity contribution < 1.29 is 23.5 Å². The lowest BCUT2D eigenvalue weighted by molar-refractivity contribution is -0.150. The van der Waals surface area contributed by atoms with E-state index in [1.54, 1.807) is 19.1 Å². The number of carbonyl (C=O) groups is 2. The van der Waals surface area contributed by atoms with Gasteiger partial charge in [-0.05, 0) is 37.5 Å². The Hall–Kier alpha value is -3.34. The molecule has 0 unspecified atom stereocenters. The van der Waals surface area contributed by atoms with E-state index in [-0.39, 0.29) is 0 Å².